The fourth-order valence-corrected chi connectivity index (χ4v) is 4.12. The average molecular weight is 460 g/mol. The summed E-state index contributed by atoms with van der Waals surface area (Å²) in [6, 6.07) is 6.32. The Bertz CT molecular complexity index is 1030. The van der Waals surface area contributed by atoms with Crippen LogP contribution in [0.1, 0.15) is 44.6 Å². The first-order valence-corrected chi connectivity index (χ1v) is 11.1. The van der Waals surface area contributed by atoms with Gasteiger partial charge in [-0.25, -0.2) is 0 Å². The normalized spacial score (nSPS) is 17.0. The van der Waals surface area contributed by atoms with Gasteiger partial charge in [0.1, 0.15) is 6.04 Å². The molecular formula is C23H30ClN5O3. The molecular weight excluding hydrogens is 430 g/mol. The van der Waals surface area contributed by atoms with Crippen LogP contribution >= 0.6 is 11.6 Å². The van der Waals surface area contributed by atoms with E-state index in [1.165, 1.54) is 0 Å². The Morgan fingerprint density at radius 2 is 1.91 bits per heavy atom. The van der Waals surface area contributed by atoms with Gasteiger partial charge in [-0.15, -0.1) is 0 Å². The number of halogens is 1. The summed E-state index contributed by atoms with van der Waals surface area (Å²) in [6.07, 6.45) is 0.213. The highest BCUT2D eigenvalue weighted by Gasteiger charge is 2.34. The number of rotatable bonds is 7. The van der Waals surface area contributed by atoms with Crippen molar-refractivity contribution in [2.24, 2.45) is 11.8 Å². The molecule has 3 rings (SSSR count). The third-order valence-electron chi connectivity index (χ3n) is 5.46. The number of nitrogens with zero attached hydrogens (tertiary/aromatic N) is 3. The van der Waals surface area contributed by atoms with Gasteiger partial charge in [0.25, 0.3) is 0 Å². The number of hydrogen-bond donors (Lipinski definition) is 2. The molecule has 0 saturated carbocycles. The van der Waals surface area contributed by atoms with Crippen LogP contribution in [0.5, 0.6) is 0 Å². The smallest absolute Gasteiger partial charge is 0.248 e. The quantitative estimate of drug-likeness (QED) is 0.658. The monoisotopic (exact) mass is 459 g/mol. The Labute approximate surface area is 193 Å². The molecule has 2 heterocycles. The Kier molecular flexibility index (Phi) is 7.23. The van der Waals surface area contributed by atoms with Crippen molar-refractivity contribution in [2.75, 3.05) is 23.7 Å². The van der Waals surface area contributed by atoms with Crippen molar-refractivity contribution in [1.29, 1.82) is 0 Å². The zero-order valence-corrected chi connectivity index (χ0v) is 19.9. The van der Waals surface area contributed by atoms with Gasteiger partial charge in [0, 0.05) is 30.9 Å². The fourth-order valence-electron chi connectivity index (χ4n) is 3.89. The molecule has 172 valence electrons. The Morgan fingerprint density at radius 3 is 2.50 bits per heavy atom. The van der Waals surface area contributed by atoms with E-state index < -0.39 is 6.04 Å². The van der Waals surface area contributed by atoms with E-state index in [1.54, 1.807) is 34.7 Å². The molecule has 0 aliphatic carbocycles. The predicted molar refractivity (Wildman–Crippen MR) is 125 cm³/mol. The summed E-state index contributed by atoms with van der Waals surface area (Å²) in [4.78, 5) is 39.2. The topological polar surface area (TPSA) is 96.3 Å². The van der Waals surface area contributed by atoms with E-state index in [1.807, 2.05) is 33.8 Å². The molecule has 9 heteroatoms. The fraction of sp³-hybridized carbons (Fsp3) is 0.478. The second-order valence-corrected chi connectivity index (χ2v) is 9.22. The van der Waals surface area contributed by atoms with Gasteiger partial charge >= 0.3 is 0 Å². The largest absolute Gasteiger partial charge is 0.342 e. The van der Waals surface area contributed by atoms with Gasteiger partial charge in [0.15, 0.2) is 0 Å². The number of anilines is 2. The minimum absolute atomic E-state index is 0.00618. The summed E-state index contributed by atoms with van der Waals surface area (Å²) in [5.41, 5.74) is 2.70. The van der Waals surface area contributed by atoms with Crippen molar-refractivity contribution in [2.45, 2.75) is 47.1 Å². The van der Waals surface area contributed by atoms with Gasteiger partial charge in [0.2, 0.25) is 17.7 Å². The highest BCUT2D eigenvalue weighted by atomic mass is 35.5. The third-order valence-corrected chi connectivity index (χ3v) is 5.77. The summed E-state index contributed by atoms with van der Waals surface area (Å²) in [5, 5.41) is 10.3. The van der Waals surface area contributed by atoms with Crippen LogP contribution in [0, 0.1) is 25.7 Å². The lowest BCUT2D eigenvalue weighted by Crippen LogP contribution is -2.31. The molecule has 1 aliphatic heterocycles. The number of hydrogen-bond acceptors (Lipinski definition) is 4. The van der Waals surface area contributed by atoms with Crippen LogP contribution in [0.4, 0.5) is 11.4 Å². The summed E-state index contributed by atoms with van der Waals surface area (Å²) in [5.74, 6) is -0.487. The lowest BCUT2D eigenvalue weighted by atomic mass is 10.1. The maximum Gasteiger partial charge on any atom is 0.248 e. The Balaban J connectivity index is 1.61. The van der Waals surface area contributed by atoms with Gasteiger partial charge in [-0.05, 0) is 51.0 Å². The van der Waals surface area contributed by atoms with Crippen LogP contribution in [0.25, 0.3) is 0 Å². The molecule has 8 nitrogen and oxygen atoms in total. The van der Waals surface area contributed by atoms with Gasteiger partial charge in [-0.2, -0.15) is 5.10 Å². The second kappa shape index (κ2) is 9.73. The van der Waals surface area contributed by atoms with E-state index in [0.717, 1.165) is 11.4 Å². The van der Waals surface area contributed by atoms with Crippen LogP contribution in [0.2, 0.25) is 5.02 Å². The highest BCUT2D eigenvalue weighted by molar-refractivity contribution is 6.34. The molecule has 3 amide bonds. The second-order valence-electron chi connectivity index (χ2n) is 8.81. The molecule has 2 aromatic rings. The molecule has 32 heavy (non-hydrogen) atoms. The molecule has 0 radical (unpaired) electrons. The summed E-state index contributed by atoms with van der Waals surface area (Å²) in [6.45, 7) is 10.7. The number of nitrogens with one attached hydrogen (secondary N) is 2. The number of amides is 3. The van der Waals surface area contributed by atoms with Gasteiger partial charge in [0.05, 0.1) is 22.3 Å². The molecule has 2 N–H and O–H groups in total. The standard InChI is InChI=1S/C23H30ClN5O3/c1-13(2)11-28-12-17(9-21(28)30)23(32)25-18-6-7-20(19(24)10-18)26-22(31)16(5)29-15(4)8-14(3)27-29/h6-8,10,13,16-17H,9,11-12H2,1-5H3,(H,25,32)(H,26,31)/t16-,17-/m0/s1. The SMILES string of the molecule is Cc1cc(C)n([C@@H](C)C(=O)Nc2ccc(NC(=O)[C@H]3CC(=O)N(CC(C)C)C3)cc2Cl)n1. The van der Waals surface area contributed by atoms with Crippen molar-refractivity contribution in [3.8, 4) is 0 Å². The minimum atomic E-state index is -0.507. The van der Waals surface area contributed by atoms with Crippen LogP contribution in [-0.2, 0) is 14.4 Å². The summed E-state index contributed by atoms with van der Waals surface area (Å²) in [7, 11) is 0. The molecule has 1 fully saturated rings. The molecule has 2 atom stereocenters. The lowest BCUT2D eigenvalue weighted by molar-refractivity contribution is -0.128. The van der Waals surface area contributed by atoms with E-state index in [0.29, 0.717) is 35.4 Å². The third kappa shape index (κ3) is 5.48. The first kappa shape index (κ1) is 23.8. The number of carbonyl (C=O) groups is 3. The van der Waals surface area contributed by atoms with E-state index in [4.69, 9.17) is 11.6 Å². The van der Waals surface area contributed by atoms with E-state index in [9.17, 15) is 14.4 Å². The maximum absolute atomic E-state index is 12.7. The van der Waals surface area contributed by atoms with Crippen molar-refractivity contribution < 1.29 is 14.4 Å². The molecule has 0 unspecified atom stereocenters. The molecule has 1 aromatic carbocycles. The van der Waals surface area contributed by atoms with Crippen molar-refractivity contribution >= 4 is 40.7 Å². The number of benzene rings is 1. The lowest BCUT2D eigenvalue weighted by Gasteiger charge is -2.19. The Hall–Kier alpha value is -2.87. The van der Waals surface area contributed by atoms with E-state index in [-0.39, 0.29) is 30.1 Å². The van der Waals surface area contributed by atoms with Crippen LogP contribution in [-0.4, -0.2) is 45.5 Å². The van der Waals surface area contributed by atoms with Crippen molar-refractivity contribution in [3.63, 3.8) is 0 Å². The van der Waals surface area contributed by atoms with E-state index >= 15 is 0 Å². The molecule has 1 aliphatic rings. The number of aryl methyl sites for hydroxylation is 2. The number of carbonyl (C=O) groups excluding carboxylic acids is 3. The van der Waals surface area contributed by atoms with Crippen LogP contribution < -0.4 is 10.6 Å². The zero-order chi connectivity index (χ0) is 23.6. The minimum Gasteiger partial charge on any atom is -0.342 e. The van der Waals surface area contributed by atoms with E-state index in [2.05, 4.69) is 15.7 Å². The average Bonchev–Trinajstić information content (AvgIpc) is 3.24. The number of likely N-dealkylation sites (tertiary alicyclic amines) is 1. The molecule has 1 saturated heterocycles. The predicted octanol–water partition coefficient (Wildman–Crippen LogP) is 3.80. The van der Waals surface area contributed by atoms with Gasteiger partial charge in [-0.1, -0.05) is 25.4 Å². The van der Waals surface area contributed by atoms with Crippen LogP contribution in [0.3, 0.4) is 0 Å². The molecule has 0 spiro atoms. The number of aromatic nitrogens is 2. The first-order chi connectivity index (χ1) is 15.0. The van der Waals surface area contributed by atoms with Crippen molar-refractivity contribution in [3.05, 3.63) is 40.7 Å². The summed E-state index contributed by atoms with van der Waals surface area (Å²) >= 11 is 6.36. The zero-order valence-electron chi connectivity index (χ0n) is 19.1. The van der Waals surface area contributed by atoms with Gasteiger partial charge < -0.3 is 15.5 Å². The van der Waals surface area contributed by atoms with Crippen molar-refractivity contribution in [1.82, 2.24) is 14.7 Å². The maximum atomic E-state index is 12.7. The van der Waals surface area contributed by atoms with Crippen LogP contribution in [0.15, 0.2) is 24.3 Å². The van der Waals surface area contributed by atoms with Gasteiger partial charge in [-0.3, -0.25) is 19.1 Å². The Morgan fingerprint density at radius 1 is 1.19 bits per heavy atom. The first-order valence-electron chi connectivity index (χ1n) is 10.8. The summed E-state index contributed by atoms with van der Waals surface area (Å²) < 4.78 is 1.67. The highest BCUT2D eigenvalue weighted by Crippen LogP contribution is 2.28. The molecule has 0 bridgehead atoms. The molecule has 1 aromatic heterocycles.